The first-order valence-electron chi connectivity index (χ1n) is 5.68. The maximum absolute atomic E-state index is 11.9. The molecule has 3 unspecified atom stereocenters. The highest BCUT2D eigenvalue weighted by Gasteiger charge is 2.31. The van der Waals surface area contributed by atoms with Gasteiger partial charge in [-0.15, -0.1) is 0 Å². The molecule has 3 atom stereocenters. The number of amides is 2. The summed E-state index contributed by atoms with van der Waals surface area (Å²) in [6.45, 7) is 4.58. The fourth-order valence-electron chi connectivity index (χ4n) is 1.99. The molecule has 1 rings (SSSR count). The molecule has 1 fully saturated rings. The van der Waals surface area contributed by atoms with Crippen molar-refractivity contribution in [3.05, 3.63) is 0 Å². The Kier molecular flexibility index (Phi) is 4.29. The number of nitrogens with zero attached hydrogens (tertiary/aromatic N) is 1. The van der Waals surface area contributed by atoms with E-state index in [2.05, 4.69) is 10.6 Å². The van der Waals surface area contributed by atoms with E-state index in [-0.39, 0.29) is 23.8 Å². The van der Waals surface area contributed by atoms with E-state index in [1.807, 2.05) is 6.92 Å². The van der Waals surface area contributed by atoms with Crippen LogP contribution in [-0.2, 0) is 9.59 Å². The molecule has 0 aromatic carbocycles. The molecule has 92 valence electrons. The van der Waals surface area contributed by atoms with Gasteiger partial charge < -0.3 is 15.5 Å². The minimum Gasteiger partial charge on any atom is -0.347 e. The van der Waals surface area contributed by atoms with Crippen molar-refractivity contribution < 1.29 is 9.59 Å². The number of carbonyl (C=O) groups is 2. The predicted molar refractivity (Wildman–Crippen MR) is 61.9 cm³/mol. The highest BCUT2D eigenvalue weighted by Crippen LogP contribution is 2.15. The van der Waals surface area contributed by atoms with Crippen LogP contribution < -0.4 is 10.6 Å². The molecule has 1 aliphatic rings. The van der Waals surface area contributed by atoms with E-state index in [4.69, 9.17) is 0 Å². The molecule has 0 radical (unpaired) electrons. The zero-order chi connectivity index (χ0) is 12.3. The Morgan fingerprint density at radius 1 is 1.44 bits per heavy atom. The van der Waals surface area contributed by atoms with Gasteiger partial charge in [-0.3, -0.25) is 9.59 Å². The quantitative estimate of drug-likeness (QED) is 0.688. The third-order valence-electron chi connectivity index (χ3n) is 3.03. The topological polar surface area (TPSA) is 61.4 Å². The van der Waals surface area contributed by atoms with Crippen LogP contribution in [0.5, 0.6) is 0 Å². The number of likely N-dealkylation sites (N-methyl/N-ethyl adjacent to an activating group) is 1. The Balaban J connectivity index is 2.48. The van der Waals surface area contributed by atoms with Crippen LogP contribution in [0.15, 0.2) is 0 Å². The SMILES string of the molecule is CC(NC(=O)C1CCNC1C)C(=O)N(C)C. The molecule has 1 saturated heterocycles. The average Bonchev–Trinajstić information content (AvgIpc) is 2.62. The molecule has 5 nitrogen and oxygen atoms in total. The summed E-state index contributed by atoms with van der Waals surface area (Å²) in [6.07, 6.45) is 0.843. The number of rotatable bonds is 3. The Morgan fingerprint density at radius 3 is 2.50 bits per heavy atom. The van der Waals surface area contributed by atoms with Gasteiger partial charge in [0.15, 0.2) is 0 Å². The third-order valence-corrected chi connectivity index (χ3v) is 3.03. The lowest BCUT2D eigenvalue weighted by atomic mass is 10.0. The minimum absolute atomic E-state index is 0.0163. The van der Waals surface area contributed by atoms with Crippen LogP contribution in [0.2, 0.25) is 0 Å². The Hall–Kier alpha value is -1.10. The lowest BCUT2D eigenvalue weighted by Gasteiger charge is -2.21. The van der Waals surface area contributed by atoms with Crippen molar-refractivity contribution in [2.24, 2.45) is 5.92 Å². The second-order valence-electron chi connectivity index (χ2n) is 4.60. The number of hydrogen-bond acceptors (Lipinski definition) is 3. The molecule has 1 heterocycles. The molecule has 0 aromatic heterocycles. The first-order valence-corrected chi connectivity index (χ1v) is 5.68. The first-order chi connectivity index (χ1) is 7.43. The fraction of sp³-hybridized carbons (Fsp3) is 0.818. The summed E-state index contributed by atoms with van der Waals surface area (Å²) in [5.41, 5.74) is 0. The average molecular weight is 227 g/mol. The zero-order valence-corrected chi connectivity index (χ0v) is 10.4. The lowest BCUT2D eigenvalue weighted by Crippen LogP contribution is -2.47. The van der Waals surface area contributed by atoms with Crippen LogP contribution in [0.25, 0.3) is 0 Å². The second kappa shape index (κ2) is 5.30. The van der Waals surface area contributed by atoms with E-state index in [0.29, 0.717) is 0 Å². The third kappa shape index (κ3) is 2.95. The van der Waals surface area contributed by atoms with Gasteiger partial charge in [0.05, 0.1) is 5.92 Å². The van der Waals surface area contributed by atoms with Crippen molar-refractivity contribution >= 4 is 11.8 Å². The molecule has 0 aliphatic carbocycles. The summed E-state index contributed by atoms with van der Waals surface area (Å²) >= 11 is 0. The highest BCUT2D eigenvalue weighted by molar-refractivity contribution is 5.88. The fourth-order valence-corrected chi connectivity index (χ4v) is 1.99. The molecular weight excluding hydrogens is 206 g/mol. The van der Waals surface area contributed by atoms with Crippen LogP contribution in [0.1, 0.15) is 20.3 Å². The number of hydrogen-bond donors (Lipinski definition) is 2. The minimum atomic E-state index is -0.449. The highest BCUT2D eigenvalue weighted by atomic mass is 16.2. The van der Waals surface area contributed by atoms with E-state index in [1.165, 1.54) is 4.90 Å². The largest absolute Gasteiger partial charge is 0.347 e. The van der Waals surface area contributed by atoms with Crippen molar-refractivity contribution in [3.8, 4) is 0 Å². The van der Waals surface area contributed by atoms with Gasteiger partial charge in [0, 0.05) is 20.1 Å². The van der Waals surface area contributed by atoms with Crippen molar-refractivity contribution in [1.82, 2.24) is 15.5 Å². The van der Waals surface area contributed by atoms with Crippen molar-refractivity contribution in [2.75, 3.05) is 20.6 Å². The van der Waals surface area contributed by atoms with Gasteiger partial charge in [-0.2, -0.15) is 0 Å². The van der Waals surface area contributed by atoms with Gasteiger partial charge in [-0.25, -0.2) is 0 Å². The van der Waals surface area contributed by atoms with Crippen molar-refractivity contribution in [3.63, 3.8) is 0 Å². The van der Waals surface area contributed by atoms with Crippen LogP contribution in [0, 0.1) is 5.92 Å². The summed E-state index contributed by atoms with van der Waals surface area (Å²) in [6, 6.07) is -0.253. The maximum Gasteiger partial charge on any atom is 0.244 e. The zero-order valence-electron chi connectivity index (χ0n) is 10.4. The maximum atomic E-state index is 11.9. The van der Waals surface area contributed by atoms with Crippen LogP contribution >= 0.6 is 0 Å². The summed E-state index contributed by atoms with van der Waals surface area (Å²) in [5, 5.41) is 5.98. The molecule has 0 bridgehead atoms. The molecule has 0 aromatic rings. The van der Waals surface area contributed by atoms with Crippen molar-refractivity contribution in [2.45, 2.75) is 32.4 Å². The van der Waals surface area contributed by atoms with Gasteiger partial charge in [-0.1, -0.05) is 0 Å². The summed E-state index contributed by atoms with van der Waals surface area (Å²) < 4.78 is 0. The Labute approximate surface area is 96.6 Å². The first kappa shape index (κ1) is 13.0. The van der Waals surface area contributed by atoms with Crippen molar-refractivity contribution in [1.29, 1.82) is 0 Å². The van der Waals surface area contributed by atoms with E-state index in [1.54, 1.807) is 21.0 Å². The van der Waals surface area contributed by atoms with E-state index < -0.39 is 6.04 Å². The van der Waals surface area contributed by atoms with Gasteiger partial charge in [-0.05, 0) is 26.8 Å². The summed E-state index contributed by atoms with van der Waals surface area (Å²) in [7, 11) is 3.37. The van der Waals surface area contributed by atoms with Gasteiger partial charge in [0.2, 0.25) is 11.8 Å². The molecule has 1 aliphatic heterocycles. The summed E-state index contributed by atoms with van der Waals surface area (Å²) in [5.74, 6) is -0.121. The Bertz CT molecular complexity index is 278. The van der Waals surface area contributed by atoms with Gasteiger partial charge in [0.25, 0.3) is 0 Å². The van der Waals surface area contributed by atoms with Crippen LogP contribution in [0.4, 0.5) is 0 Å². The second-order valence-corrected chi connectivity index (χ2v) is 4.60. The number of carbonyl (C=O) groups excluding carboxylic acids is 2. The van der Waals surface area contributed by atoms with Gasteiger partial charge >= 0.3 is 0 Å². The summed E-state index contributed by atoms with van der Waals surface area (Å²) in [4.78, 5) is 24.9. The molecule has 2 amide bonds. The molecule has 16 heavy (non-hydrogen) atoms. The molecular formula is C11H21N3O2. The smallest absolute Gasteiger partial charge is 0.244 e. The van der Waals surface area contributed by atoms with Crippen LogP contribution in [-0.4, -0.2) is 49.4 Å². The van der Waals surface area contributed by atoms with E-state index >= 15 is 0 Å². The normalized spacial score (nSPS) is 26.2. The Morgan fingerprint density at radius 2 is 2.06 bits per heavy atom. The number of nitrogens with one attached hydrogen (secondary N) is 2. The predicted octanol–water partition coefficient (Wildman–Crippen LogP) is -0.423. The van der Waals surface area contributed by atoms with E-state index in [9.17, 15) is 9.59 Å². The van der Waals surface area contributed by atoms with Crippen LogP contribution in [0.3, 0.4) is 0 Å². The molecule has 0 spiro atoms. The lowest BCUT2D eigenvalue weighted by molar-refractivity contribution is -0.135. The molecule has 0 saturated carbocycles. The standard InChI is InChI=1S/C11H21N3O2/c1-7-9(5-6-12-7)10(15)13-8(2)11(16)14(3)4/h7-9,12H,5-6H2,1-4H3,(H,13,15). The van der Waals surface area contributed by atoms with E-state index in [0.717, 1.165) is 13.0 Å². The molecule has 5 heteroatoms. The monoisotopic (exact) mass is 227 g/mol. The molecule has 2 N–H and O–H groups in total. The van der Waals surface area contributed by atoms with Gasteiger partial charge in [0.1, 0.15) is 6.04 Å².